The molecule has 0 atom stereocenters. The van der Waals surface area contributed by atoms with Crippen LogP contribution in [0, 0.1) is 27.7 Å². The van der Waals surface area contributed by atoms with Gasteiger partial charge >= 0.3 is 16.9 Å². The normalized spacial score (nSPS) is 13.5. The summed E-state index contributed by atoms with van der Waals surface area (Å²) >= 11 is 0. The smallest absolute Gasteiger partial charge is 0.318 e. The third-order valence-electron chi connectivity index (χ3n) is 13.7. The number of ether oxygens (including phenoxy) is 1. The van der Waals surface area contributed by atoms with E-state index in [0.29, 0.717) is 23.0 Å². The monoisotopic (exact) mass is 918 g/mol. The van der Waals surface area contributed by atoms with E-state index in [1.807, 2.05) is 0 Å². The lowest BCUT2D eigenvalue weighted by Crippen LogP contribution is -2.27. The molecule has 1 aliphatic heterocycles. The minimum atomic E-state index is -1.57. The number of benzene rings is 6. The molecule has 0 saturated heterocycles. The van der Waals surface area contributed by atoms with Gasteiger partial charge in [0.1, 0.15) is 0 Å². The molecular formula is C58H56N4O3P2. The Morgan fingerprint density at radius 1 is 0.522 bits per heavy atom. The van der Waals surface area contributed by atoms with Crippen LogP contribution in [-0.2, 0) is 10.8 Å². The van der Waals surface area contributed by atoms with Crippen LogP contribution in [-0.4, -0.2) is 17.4 Å². The minimum Gasteiger partial charge on any atom is -0.449 e. The van der Waals surface area contributed by atoms with Crippen LogP contribution in [0.25, 0.3) is 49.2 Å². The molecule has 0 amide bonds. The first-order chi connectivity index (χ1) is 32.1. The Morgan fingerprint density at radius 3 is 1.22 bits per heavy atom. The van der Waals surface area contributed by atoms with Gasteiger partial charge in [0.15, 0.2) is 23.0 Å². The quantitative estimate of drug-likeness (QED) is 0.136. The Morgan fingerprint density at radius 2 is 0.866 bits per heavy atom. The van der Waals surface area contributed by atoms with E-state index in [-0.39, 0.29) is 5.41 Å². The maximum absolute atomic E-state index is 7.70. The van der Waals surface area contributed by atoms with E-state index in [1.54, 1.807) is 0 Å². The summed E-state index contributed by atoms with van der Waals surface area (Å²) in [6.07, 6.45) is 8.95. The lowest BCUT2D eigenvalue weighted by Gasteiger charge is -2.38. The van der Waals surface area contributed by atoms with Crippen LogP contribution in [0.4, 0.5) is 0 Å². The lowest BCUT2D eigenvalue weighted by molar-refractivity contribution is 0.383. The van der Waals surface area contributed by atoms with Crippen LogP contribution in [0.2, 0.25) is 0 Å². The van der Waals surface area contributed by atoms with E-state index >= 15 is 0 Å². The number of fused-ring (bicyclic) bond motifs is 6. The van der Waals surface area contributed by atoms with Crippen LogP contribution < -0.4 is 13.8 Å². The minimum absolute atomic E-state index is 0.196. The standard InChI is InChI=1S/C58H56N4O3P2/c1-36(2)41-28-47-55(53(29-41)64-66(59-32-37(3)43-20-12-16-24-49(43)59)60-33-38(4)44-21-13-17-25-50(44)60)63-56-48(58(47,10)11)30-42(57(7,8)9)31-54(56)65-67(61-34-39(5)45-22-14-18-26-51(45)61)62-35-40(6)46-23-15-19-27-52(46)62/h12-35H,1H2,2-11H3. The van der Waals surface area contributed by atoms with Crippen LogP contribution in [0.15, 0.2) is 153 Å². The van der Waals surface area contributed by atoms with Crippen molar-refractivity contribution in [2.45, 2.75) is 80.1 Å². The Kier molecular flexibility index (Phi) is 10.2. The average Bonchev–Trinajstić information content (AvgIpc) is 4.04. The van der Waals surface area contributed by atoms with Crippen molar-refractivity contribution in [2.75, 3.05) is 0 Å². The fourth-order valence-corrected chi connectivity index (χ4v) is 13.8. The zero-order valence-electron chi connectivity index (χ0n) is 40.0. The van der Waals surface area contributed by atoms with Gasteiger partial charge in [-0.15, -0.1) is 0 Å². The second-order valence-corrected chi connectivity index (χ2v) is 22.9. The third kappa shape index (κ3) is 7.01. The number of aryl methyl sites for hydroxylation is 4. The largest absolute Gasteiger partial charge is 0.449 e. The highest BCUT2D eigenvalue weighted by atomic mass is 31.2. The van der Waals surface area contributed by atoms with E-state index in [4.69, 9.17) is 13.8 Å². The molecule has 67 heavy (non-hydrogen) atoms. The molecule has 0 bridgehead atoms. The summed E-state index contributed by atoms with van der Waals surface area (Å²) in [6, 6.07) is 43.3. The maximum Gasteiger partial charge on any atom is 0.318 e. The van der Waals surface area contributed by atoms with Gasteiger partial charge < -0.3 is 13.8 Å². The Hall–Kier alpha value is -6.52. The van der Waals surface area contributed by atoms with E-state index in [2.05, 4.69) is 239 Å². The van der Waals surface area contributed by atoms with Gasteiger partial charge in [0.05, 0.1) is 22.1 Å². The summed E-state index contributed by atoms with van der Waals surface area (Å²) in [5, 5.41) is 4.79. The second kappa shape index (κ2) is 15.8. The van der Waals surface area contributed by atoms with E-state index in [1.165, 1.54) is 49.4 Å². The predicted molar refractivity (Wildman–Crippen MR) is 282 cm³/mol. The van der Waals surface area contributed by atoms with Crippen LogP contribution in [0.3, 0.4) is 0 Å². The fraction of sp³-hybridized carbons (Fsp3) is 0.207. The topological polar surface area (TPSA) is 47.4 Å². The van der Waals surface area contributed by atoms with Gasteiger partial charge in [-0.1, -0.05) is 126 Å². The molecule has 1 aliphatic rings. The lowest BCUT2D eigenvalue weighted by atomic mass is 9.73. The molecule has 0 fully saturated rings. The van der Waals surface area contributed by atoms with Gasteiger partial charge in [0.2, 0.25) is 0 Å². The molecule has 0 radical (unpaired) electrons. The highest BCUT2D eigenvalue weighted by Crippen LogP contribution is 2.60. The predicted octanol–water partition coefficient (Wildman–Crippen LogP) is 16.9. The Balaban J connectivity index is 1.14. The molecular weight excluding hydrogens is 863 g/mol. The molecule has 0 N–H and O–H groups in total. The molecule has 9 heteroatoms. The SMILES string of the molecule is C=C(C)c1cc(OP(n2cc(C)c3ccccc32)n2cc(C)c3ccccc32)c2c(c1)C(C)(C)c1cc(C(C)(C)C)cc(OP(n3cc(C)c4ccccc43)n3cc(C)c4ccccc43)c1O2. The third-order valence-corrected chi connectivity index (χ3v) is 17.2. The first kappa shape index (κ1) is 43.1. The molecule has 0 unspecified atom stereocenters. The van der Waals surface area contributed by atoms with Crippen LogP contribution >= 0.6 is 16.9 Å². The maximum atomic E-state index is 7.70. The zero-order chi connectivity index (χ0) is 46.7. The summed E-state index contributed by atoms with van der Waals surface area (Å²) in [5.74, 6) is 2.72. The number of allylic oxidation sites excluding steroid dienone is 1. The van der Waals surface area contributed by atoms with Gasteiger partial charge in [0, 0.05) is 62.9 Å². The number of aromatic nitrogens is 4. The summed E-state index contributed by atoms with van der Waals surface area (Å²) in [5.41, 5.74) is 13.7. The van der Waals surface area contributed by atoms with Gasteiger partial charge in [0.25, 0.3) is 0 Å². The molecule has 6 aromatic carbocycles. The molecule has 0 spiro atoms. The summed E-state index contributed by atoms with van der Waals surface area (Å²) in [4.78, 5) is 0. The van der Waals surface area contributed by atoms with E-state index in [9.17, 15) is 0 Å². The van der Waals surface area contributed by atoms with Crippen molar-refractivity contribution >= 4 is 66.1 Å². The molecule has 0 saturated carbocycles. The van der Waals surface area contributed by atoms with Crippen molar-refractivity contribution < 1.29 is 13.8 Å². The molecule has 336 valence electrons. The van der Waals surface area contributed by atoms with Gasteiger partial charge in [-0.25, -0.2) is 0 Å². The summed E-state index contributed by atoms with van der Waals surface area (Å²) in [6.45, 7) is 26.7. The molecule has 11 rings (SSSR count). The first-order valence-electron chi connectivity index (χ1n) is 23.0. The van der Waals surface area contributed by atoms with Gasteiger partial charge in [-0.2, -0.15) is 0 Å². The van der Waals surface area contributed by atoms with Crippen molar-refractivity contribution in [3.63, 3.8) is 0 Å². The Labute approximate surface area is 395 Å². The molecule has 5 heterocycles. The number of hydrogen-bond acceptors (Lipinski definition) is 3. The highest BCUT2D eigenvalue weighted by Gasteiger charge is 2.41. The molecule has 7 nitrogen and oxygen atoms in total. The highest BCUT2D eigenvalue weighted by molar-refractivity contribution is 7.50. The van der Waals surface area contributed by atoms with E-state index in [0.717, 1.165) is 44.3 Å². The number of para-hydroxylation sites is 4. The van der Waals surface area contributed by atoms with Crippen LogP contribution in [0.5, 0.6) is 23.0 Å². The molecule has 4 aromatic heterocycles. The average molecular weight is 919 g/mol. The van der Waals surface area contributed by atoms with Crippen molar-refractivity contribution in [3.8, 4) is 23.0 Å². The fourth-order valence-electron chi connectivity index (χ4n) is 9.85. The number of rotatable bonds is 9. The van der Waals surface area contributed by atoms with Crippen molar-refractivity contribution in [3.05, 3.63) is 197 Å². The Bertz CT molecular complexity index is 3470. The first-order valence-corrected chi connectivity index (χ1v) is 25.4. The van der Waals surface area contributed by atoms with Gasteiger partial charge in [-0.3, -0.25) is 17.4 Å². The van der Waals surface area contributed by atoms with Crippen LogP contribution in [0.1, 0.15) is 86.1 Å². The van der Waals surface area contributed by atoms with Gasteiger partial charge in [-0.05, 0) is 116 Å². The summed E-state index contributed by atoms with van der Waals surface area (Å²) < 4.78 is 32.1. The van der Waals surface area contributed by atoms with Crippen molar-refractivity contribution in [2.24, 2.45) is 0 Å². The van der Waals surface area contributed by atoms with Crippen molar-refractivity contribution in [1.82, 2.24) is 17.4 Å². The zero-order valence-corrected chi connectivity index (χ0v) is 41.8. The van der Waals surface area contributed by atoms with Crippen molar-refractivity contribution in [1.29, 1.82) is 0 Å². The summed E-state index contributed by atoms with van der Waals surface area (Å²) in [7, 11) is -3.14. The number of nitrogens with zero attached hydrogens (tertiary/aromatic N) is 4. The number of hydrogen-bond donors (Lipinski definition) is 0. The second-order valence-electron chi connectivity index (χ2n) is 19.8. The molecule has 10 aromatic rings. The van der Waals surface area contributed by atoms with E-state index < -0.39 is 22.3 Å². The molecule has 0 aliphatic carbocycles.